The first kappa shape index (κ1) is 19.4. The average Bonchev–Trinajstić information content (AvgIpc) is 3.08. The molecule has 1 amide bonds. The minimum Gasteiger partial charge on any atom is -0.490 e. The van der Waals surface area contributed by atoms with Crippen LogP contribution < -0.4 is 14.4 Å². The number of ether oxygens (including phenoxy) is 2. The number of benzene rings is 2. The van der Waals surface area contributed by atoms with Crippen molar-refractivity contribution in [2.24, 2.45) is 0 Å². The van der Waals surface area contributed by atoms with Gasteiger partial charge in [-0.3, -0.25) is 14.9 Å². The number of nitro groups is 1. The molecule has 0 saturated heterocycles. The fourth-order valence-corrected chi connectivity index (χ4v) is 3.24. The summed E-state index contributed by atoms with van der Waals surface area (Å²) in [5.41, 5.74) is 2.40. The van der Waals surface area contributed by atoms with Crippen LogP contribution in [0.4, 0.5) is 11.4 Å². The van der Waals surface area contributed by atoms with Gasteiger partial charge in [-0.25, -0.2) is 0 Å². The normalized spacial score (nSPS) is 12.8. The molecule has 154 valence electrons. The van der Waals surface area contributed by atoms with Crippen molar-refractivity contribution in [2.45, 2.75) is 20.5 Å². The lowest BCUT2D eigenvalue weighted by Gasteiger charge is -2.29. The Hall–Kier alpha value is -3.88. The van der Waals surface area contributed by atoms with Crippen molar-refractivity contribution in [2.75, 3.05) is 18.1 Å². The van der Waals surface area contributed by atoms with Gasteiger partial charge >= 0.3 is 0 Å². The van der Waals surface area contributed by atoms with Crippen LogP contribution in [0.25, 0.3) is 0 Å². The van der Waals surface area contributed by atoms with E-state index in [1.54, 1.807) is 24.3 Å². The predicted molar refractivity (Wildman–Crippen MR) is 107 cm³/mol. The highest BCUT2D eigenvalue weighted by Gasteiger charge is 2.27. The molecular formula is C21H19N3O6. The fraction of sp³-hybridized carbons (Fsp3) is 0.238. The molecule has 2 aromatic carbocycles. The summed E-state index contributed by atoms with van der Waals surface area (Å²) in [6, 6.07) is 11.0. The van der Waals surface area contributed by atoms with Crippen LogP contribution in [0.2, 0.25) is 0 Å². The maximum Gasteiger partial charge on any atom is 0.271 e. The first-order valence-corrected chi connectivity index (χ1v) is 9.32. The predicted octanol–water partition coefficient (Wildman–Crippen LogP) is 3.82. The van der Waals surface area contributed by atoms with E-state index in [1.807, 2.05) is 13.8 Å². The largest absolute Gasteiger partial charge is 0.490 e. The van der Waals surface area contributed by atoms with Gasteiger partial charge in [0.2, 0.25) is 0 Å². The molecule has 1 aliphatic heterocycles. The number of hydrogen-bond acceptors (Lipinski definition) is 7. The number of nitro benzene ring substituents is 1. The van der Waals surface area contributed by atoms with Crippen LogP contribution in [0.15, 0.2) is 47.0 Å². The molecule has 0 fully saturated rings. The molecule has 0 N–H and O–H groups in total. The third-order valence-corrected chi connectivity index (χ3v) is 4.93. The number of carbonyl (C=O) groups is 1. The van der Waals surface area contributed by atoms with Gasteiger partial charge < -0.3 is 18.9 Å². The Morgan fingerprint density at radius 3 is 2.67 bits per heavy atom. The molecule has 2 heterocycles. The van der Waals surface area contributed by atoms with E-state index in [1.165, 1.54) is 23.1 Å². The molecule has 0 aliphatic carbocycles. The van der Waals surface area contributed by atoms with Crippen LogP contribution in [-0.2, 0) is 6.61 Å². The first-order chi connectivity index (χ1) is 14.4. The Labute approximate surface area is 171 Å². The van der Waals surface area contributed by atoms with E-state index in [9.17, 15) is 14.9 Å². The van der Waals surface area contributed by atoms with Crippen LogP contribution in [0, 0.1) is 24.0 Å². The van der Waals surface area contributed by atoms with Crippen LogP contribution in [0.1, 0.15) is 27.4 Å². The van der Waals surface area contributed by atoms with Gasteiger partial charge in [0.15, 0.2) is 0 Å². The Kier molecular flexibility index (Phi) is 5.09. The van der Waals surface area contributed by atoms with Crippen LogP contribution in [0.3, 0.4) is 0 Å². The van der Waals surface area contributed by atoms with E-state index >= 15 is 0 Å². The number of fused-ring (bicyclic) bond motifs is 1. The Morgan fingerprint density at radius 2 is 2.00 bits per heavy atom. The van der Waals surface area contributed by atoms with Gasteiger partial charge in [0, 0.05) is 17.7 Å². The van der Waals surface area contributed by atoms with Crippen molar-refractivity contribution >= 4 is 17.3 Å². The molecule has 1 aliphatic rings. The highest BCUT2D eigenvalue weighted by Crippen LogP contribution is 2.35. The van der Waals surface area contributed by atoms with Crippen molar-refractivity contribution in [1.29, 1.82) is 0 Å². The second kappa shape index (κ2) is 7.86. The van der Waals surface area contributed by atoms with E-state index < -0.39 is 4.92 Å². The molecule has 0 bridgehead atoms. The number of carbonyl (C=O) groups excluding carboxylic acids is 1. The molecule has 3 aromatic rings. The van der Waals surface area contributed by atoms with Gasteiger partial charge in [0.25, 0.3) is 11.6 Å². The zero-order valence-electron chi connectivity index (χ0n) is 16.5. The number of aryl methyl sites for hydroxylation is 2. The van der Waals surface area contributed by atoms with E-state index in [4.69, 9.17) is 14.0 Å². The molecule has 0 unspecified atom stereocenters. The molecular weight excluding hydrogens is 390 g/mol. The third kappa shape index (κ3) is 3.69. The van der Waals surface area contributed by atoms with Crippen molar-refractivity contribution in [3.8, 4) is 11.5 Å². The zero-order chi connectivity index (χ0) is 21.3. The van der Waals surface area contributed by atoms with E-state index in [2.05, 4.69) is 5.16 Å². The summed E-state index contributed by atoms with van der Waals surface area (Å²) in [7, 11) is 0. The topological polar surface area (TPSA) is 108 Å². The zero-order valence-corrected chi connectivity index (χ0v) is 16.5. The maximum absolute atomic E-state index is 13.0. The summed E-state index contributed by atoms with van der Waals surface area (Å²) in [5.74, 6) is 1.49. The molecule has 0 saturated carbocycles. The standard InChI is InChI=1S/C21H19N3O6/c1-13-18(14(2)30-22-13)12-29-17-6-3-15(4-7-17)21(25)23-9-10-28-20-8-5-16(24(26)27)11-19(20)23/h3-8,11H,9-10,12H2,1-2H3. The Morgan fingerprint density at radius 1 is 1.23 bits per heavy atom. The smallest absolute Gasteiger partial charge is 0.271 e. The average molecular weight is 409 g/mol. The van der Waals surface area contributed by atoms with Crippen LogP contribution in [-0.4, -0.2) is 29.1 Å². The third-order valence-electron chi connectivity index (χ3n) is 4.93. The summed E-state index contributed by atoms with van der Waals surface area (Å²) < 4.78 is 16.4. The number of rotatable bonds is 5. The second-order valence-corrected chi connectivity index (χ2v) is 6.83. The quantitative estimate of drug-likeness (QED) is 0.466. The highest BCUT2D eigenvalue weighted by atomic mass is 16.6. The molecule has 4 rings (SSSR count). The lowest BCUT2D eigenvalue weighted by Crippen LogP contribution is -2.38. The number of non-ortho nitro benzene ring substituents is 1. The Bertz CT molecular complexity index is 1090. The highest BCUT2D eigenvalue weighted by molar-refractivity contribution is 6.07. The minimum absolute atomic E-state index is 0.0971. The molecule has 30 heavy (non-hydrogen) atoms. The molecule has 0 atom stereocenters. The molecule has 9 heteroatoms. The van der Waals surface area contributed by atoms with Gasteiger partial charge in [-0.15, -0.1) is 0 Å². The van der Waals surface area contributed by atoms with Crippen LogP contribution >= 0.6 is 0 Å². The van der Waals surface area contributed by atoms with E-state index in [0.29, 0.717) is 48.3 Å². The number of amides is 1. The van der Waals surface area contributed by atoms with Gasteiger partial charge in [0.1, 0.15) is 30.5 Å². The van der Waals surface area contributed by atoms with Gasteiger partial charge in [-0.1, -0.05) is 5.16 Å². The molecule has 0 spiro atoms. The van der Waals surface area contributed by atoms with Crippen LogP contribution in [0.5, 0.6) is 11.5 Å². The molecule has 9 nitrogen and oxygen atoms in total. The van der Waals surface area contributed by atoms with Crippen molar-refractivity contribution in [3.05, 3.63) is 75.2 Å². The number of nitrogens with zero attached hydrogens (tertiary/aromatic N) is 3. The SMILES string of the molecule is Cc1noc(C)c1COc1ccc(C(=O)N2CCOc3ccc([N+](=O)[O-])cc32)cc1. The molecule has 0 radical (unpaired) electrons. The van der Waals surface area contributed by atoms with E-state index in [0.717, 1.165) is 11.3 Å². The molecule has 1 aromatic heterocycles. The lowest BCUT2D eigenvalue weighted by molar-refractivity contribution is -0.384. The number of aromatic nitrogens is 1. The fourth-order valence-electron chi connectivity index (χ4n) is 3.24. The summed E-state index contributed by atoms with van der Waals surface area (Å²) in [6.45, 7) is 4.61. The van der Waals surface area contributed by atoms with Gasteiger partial charge in [-0.05, 0) is 44.2 Å². The van der Waals surface area contributed by atoms with E-state index in [-0.39, 0.29) is 11.6 Å². The summed E-state index contributed by atoms with van der Waals surface area (Å²) in [5, 5.41) is 15.0. The Balaban J connectivity index is 1.51. The van der Waals surface area contributed by atoms with Crippen molar-refractivity contribution in [3.63, 3.8) is 0 Å². The lowest BCUT2D eigenvalue weighted by atomic mass is 10.1. The summed E-state index contributed by atoms with van der Waals surface area (Å²) in [4.78, 5) is 25.1. The second-order valence-electron chi connectivity index (χ2n) is 6.83. The minimum atomic E-state index is -0.497. The monoisotopic (exact) mass is 409 g/mol. The van der Waals surface area contributed by atoms with Gasteiger partial charge in [-0.2, -0.15) is 0 Å². The first-order valence-electron chi connectivity index (χ1n) is 9.32. The van der Waals surface area contributed by atoms with Crippen molar-refractivity contribution in [1.82, 2.24) is 5.16 Å². The number of anilines is 1. The van der Waals surface area contributed by atoms with Crippen molar-refractivity contribution < 1.29 is 23.7 Å². The summed E-state index contributed by atoms with van der Waals surface area (Å²) in [6.07, 6.45) is 0. The number of hydrogen-bond donors (Lipinski definition) is 0. The summed E-state index contributed by atoms with van der Waals surface area (Å²) >= 11 is 0. The maximum atomic E-state index is 13.0. The van der Waals surface area contributed by atoms with Gasteiger partial charge in [0.05, 0.1) is 28.4 Å².